The molecule has 0 fully saturated rings. The van der Waals surface area contributed by atoms with Gasteiger partial charge in [-0.1, -0.05) is 18.2 Å². The van der Waals surface area contributed by atoms with Crippen LogP contribution < -0.4 is 15.1 Å². The highest BCUT2D eigenvalue weighted by Gasteiger charge is 2.18. The van der Waals surface area contributed by atoms with Gasteiger partial charge in [-0.2, -0.15) is 5.10 Å². The Balaban J connectivity index is 1.48. The molecule has 1 aliphatic rings. The number of nitrogens with zero attached hydrogens (tertiary/aromatic N) is 2. The van der Waals surface area contributed by atoms with Gasteiger partial charge in [0.2, 0.25) is 0 Å². The summed E-state index contributed by atoms with van der Waals surface area (Å²) in [6.07, 6.45) is 3.85. The lowest BCUT2D eigenvalue weighted by atomic mass is 10.0. The number of hydrogen-bond donors (Lipinski definition) is 2. The van der Waals surface area contributed by atoms with Crippen LogP contribution >= 0.6 is 0 Å². The number of hydrogen-bond acceptors (Lipinski definition) is 5. The van der Waals surface area contributed by atoms with Crippen LogP contribution in [0.4, 0.5) is 5.69 Å². The Morgan fingerprint density at radius 3 is 2.77 bits per heavy atom. The van der Waals surface area contributed by atoms with Crippen LogP contribution in [0.3, 0.4) is 0 Å². The van der Waals surface area contributed by atoms with Crippen molar-refractivity contribution in [2.75, 3.05) is 18.6 Å². The Hall–Kier alpha value is -3.80. The second-order valence-electron chi connectivity index (χ2n) is 7.47. The second kappa shape index (κ2) is 9.34. The summed E-state index contributed by atoms with van der Waals surface area (Å²) in [4.78, 5) is 14.5. The van der Waals surface area contributed by atoms with Crippen LogP contribution in [0.1, 0.15) is 33.5 Å². The molecule has 0 atom stereocenters. The number of carbonyl (C=O) groups is 1. The Morgan fingerprint density at radius 1 is 1.16 bits per heavy atom. The van der Waals surface area contributed by atoms with Crippen molar-refractivity contribution in [2.45, 2.75) is 19.4 Å². The molecule has 1 amide bonds. The minimum Gasteiger partial charge on any atom is -0.508 e. The minimum atomic E-state index is -0.338. The Kier molecular flexibility index (Phi) is 6.17. The van der Waals surface area contributed by atoms with Crippen molar-refractivity contribution >= 4 is 17.8 Å². The highest BCUT2D eigenvalue weighted by Crippen LogP contribution is 2.30. The number of methoxy groups -OCH3 is 1. The summed E-state index contributed by atoms with van der Waals surface area (Å²) in [7, 11) is 1.68. The quantitative estimate of drug-likeness (QED) is 0.469. The summed E-state index contributed by atoms with van der Waals surface area (Å²) in [5.74, 6) is 0.602. The summed E-state index contributed by atoms with van der Waals surface area (Å²) < 4.78 is 5.58. The zero-order valence-electron chi connectivity index (χ0n) is 17.4. The topological polar surface area (TPSA) is 74.2 Å². The molecule has 0 radical (unpaired) electrons. The van der Waals surface area contributed by atoms with Gasteiger partial charge in [-0.15, -0.1) is 0 Å². The summed E-state index contributed by atoms with van der Waals surface area (Å²) in [5, 5.41) is 13.4. The summed E-state index contributed by atoms with van der Waals surface area (Å²) in [6, 6.07) is 20.4. The molecule has 6 nitrogen and oxygen atoms in total. The normalized spacial score (nSPS) is 13.1. The van der Waals surface area contributed by atoms with Crippen molar-refractivity contribution < 1.29 is 14.6 Å². The number of phenolic OH excluding ortho intramolecular Hbond substituents is 1. The van der Waals surface area contributed by atoms with E-state index in [-0.39, 0.29) is 11.7 Å². The van der Waals surface area contributed by atoms with Crippen molar-refractivity contribution in [3.63, 3.8) is 0 Å². The van der Waals surface area contributed by atoms with Gasteiger partial charge >= 0.3 is 0 Å². The molecule has 0 saturated carbocycles. The monoisotopic (exact) mass is 415 g/mol. The number of nitrogens with one attached hydrogen (secondary N) is 1. The fourth-order valence-electron chi connectivity index (χ4n) is 3.83. The number of phenols is 1. The molecule has 1 aliphatic heterocycles. The molecule has 0 saturated heterocycles. The lowest BCUT2D eigenvalue weighted by molar-refractivity contribution is 0.0955. The molecule has 6 heteroatoms. The molecular weight excluding hydrogens is 390 g/mol. The molecule has 0 unspecified atom stereocenters. The van der Waals surface area contributed by atoms with Crippen molar-refractivity contribution in [1.29, 1.82) is 0 Å². The van der Waals surface area contributed by atoms with Crippen LogP contribution in [0.2, 0.25) is 0 Å². The standard InChI is InChI=1S/C25H25N3O3/c1-31-24-13-8-18(16-26-27-25(30)20-9-11-22(29)12-10-20)15-21(24)17-28-14-4-6-19-5-2-3-7-23(19)28/h2-3,5,7-13,15-16,29H,4,6,14,17H2,1H3,(H,27,30). The Labute approximate surface area is 181 Å². The molecule has 31 heavy (non-hydrogen) atoms. The van der Waals surface area contributed by atoms with Crippen molar-refractivity contribution in [2.24, 2.45) is 5.10 Å². The third-order valence-corrected chi connectivity index (χ3v) is 5.38. The fourth-order valence-corrected chi connectivity index (χ4v) is 3.83. The van der Waals surface area contributed by atoms with E-state index in [4.69, 9.17) is 4.74 Å². The SMILES string of the molecule is COc1ccc(C=NNC(=O)c2ccc(O)cc2)cc1CN1CCCc2ccccc21. The summed E-state index contributed by atoms with van der Waals surface area (Å²) in [6.45, 7) is 1.74. The lowest BCUT2D eigenvalue weighted by Gasteiger charge is -2.31. The van der Waals surface area contributed by atoms with E-state index in [9.17, 15) is 9.90 Å². The van der Waals surface area contributed by atoms with E-state index in [1.807, 2.05) is 18.2 Å². The van der Waals surface area contributed by atoms with Gasteiger partial charge in [0.15, 0.2) is 0 Å². The number of benzene rings is 3. The zero-order chi connectivity index (χ0) is 21.6. The van der Waals surface area contributed by atoms with Crippen molar-refractivity contribution in [3.8, 4) is 11.5 Å². The van der Waals surface area contributed by atoms with Crippen LogP contribution in [-0.4, -0.2) is 30.9 Å². The highest BCUT2D eigenvalue weighted by atomic mass is 16.5. The van der Waals surface area contributed by atoms with Gasteiger partial charge < -0.3 is 14.7 Å². The van der Waals surface area contributed by atoms with Gasteiger partial charge in [0, 0.05) is 29.9 Å². The number of fused-ring (bicyclic) bond motifs is 1. The fraction of sp³-hybridized carbons (Fsp3) is 0.200. The number of carbonyl (C=O) groups excluding carboxylic acids is 1. The number of aryl methyl sites for hydroxylation is 1. The number of rotatable bonds is 6. The van der Waals surface area contributed by atoms with Crippen LogP contribution in [0, 0.1) is 0 Å². The van der Waals surface area contributed by atoms with E-state index in [0.717, 1.165) is 42.8 Å². The van der Waals surface area contributed by atoms with Crippen LogP contribution in [-0.2, 0) is 13.0 Å². The number of aromatic hydroxyl groups is 1. The number of ether oxygens (including phenoxy) is 1. The van der Waals surface area contributed by atoms with E-state index in [0.29, 0.717) is 5.56 Å². The first kappa shape index (κ1) is 20.5. The average molecular weight is 415 g/mol. The summed E-state index contributed by atoms with van der Waals surface area (Å²) >= 11 is 0. The minimum absolute atomic E-state index is 0.113. The van der Waals surface area contributed by atoms with Crippen LogP contribution in [0.5, 0.6) is 11.5 Å². The maximum Gasteiger partial charge on any atom is 0.271 e. The van der Waals surface area contributed by atoms with Crippen LogP contribution in [0.25, 0.3) is 0 Å². The lowest BCUT2D eigenvalue weighted by Crippen LogP contribution is -2.29. The molecule has 3 aromatic carbocycles. The number of anilines is 1. The van der Waals surface area contributed by atoms with Gasteiger partial charge in [0.1, 0.15) is 11.5 Å². The molecule has 2 N–H and O–H groups in total. The van der Waals surface area contributed by atoms with Crippen molar-refractivity contribution in [3.05, 3.63) is 89.0 Å². The van der Waals surface area contributed by atoms with E-state index in [1.165, 1.54) is 23.4 Å². The predicted molar refractivity (Wildman–Crippen MR) is 122 cm³/mol. The van der Waals surface area contributed by atoms with E-state index in [2.05, 4.69) is 39.7 Å². The maximum absolute atomic E-state index is 12.2. The molecule has 0 spiro atoms. The first-order chi connectivity index (χ1) is 15.1. The number of amides is 1. The maximum atomic E-state index is 12.2. The average Bonchev–Trinajstić information content (AvgIpc) is 2.80. The largest absolute Gasteiger partial charge is 0.508 e. The van der Waals surface area contributed by atoms with E-state index in [1.54, 1.807) is 25.5 Å². The third-order valence-electron chi connectivity index (χ3n) is 5.38. The number of para-hydroxylation sites is 1. The van der Waals surface area contributed by atoms with Gasteiger partial charge in [0.25, 0.3) is 5.91 Å². The molecule has 158 valence electrons. The number of hydrazone groups is 1. The predicted octanol–water partition coefficient (Wildman–Crippen LogP) is 4.12. The van der Waals surface area contributed by atoms with Crippen molar-refractivity contribution in [1.82, 2.24) is 5.43 Å². The molecule has 0 bridgehead atoms. The Bertz CT molecular complexity index is 1090. The molecule has 1 heterocycles. The van der Waals surface area contributed by atoms with Gasteiger partial charge in [-0.25, -0.2) is 5.43 Å². The van der Waals surface area contributed by atoms with E-state index < -0.39 is 0 Å². The van der Waals surface area contributed by atoms with Gasteiger partial charge in [0.05, 0.1) is 13.3 Å². The second-order valence-corrected chi connectivity index (χ2v) is 7.47. The first-order valence-electron chi connectivity index (χ1n) is 10.3. The molecule has 0 aromatic heterocycles. The molecular formula is C25H25N3O3. The molecule has 3 aromatic rings. The Morgan fingerprint density at radius 2 is 1.97 bits per heavy atom. The van der Waals surface area contributed by atoms with Gasteiger partial charge in [-0.3, -0.25) is 4.79 Å². The zero-order valence-corrected chi connectivity index (χ0v) is 17.4. The highest BCUT2D eigenvalue weighted by molar-refractivity contribution is 5.95. The smallest absolute Gasteiger partial charge is 0.271 e. The summed E-state index contributed by atoms with van der Waals surface area (Å²) in [5.41, 5.74) is 7.52. The van der Waals surface area contributed by atoms with Gasteiger partial charge in [-0.05, 0) is 72.5 Å². The van der Waals surface area contributed by atoms with E-state index >= 15 is 0 Å². The first-order valence-corrected chi connectivity index (χ1v) is 10.3. The molecule has 4 rings (SSSR count). The third kappa shape index (κ3) is 4.86. The van der Waals surface area contributed by atoms with Crippen LogP contribution in [0.15, 0.2) is 71.8 Å². The molecule has 0 aliphatic carbocycles.